The number of fused-ring (bicyclic) bond motifs is 2. The summed E-state index contributed by atoms with van der Waals surface area (Å²) in [5.74, 6) is -2.21. The highest BCUT2D eigenvalue weighted by atomic mass is 32.1. The minimum Gasteiger partial charge on any atom is -0.464 e. The average molecular weight is 532 g/mol. The van der Waals surface area contributed by atoms with Gasteiger partial charge in [-0.2, -0.15) is 5.10 Å². The molecule has 1 aromatic carbocycles. The predicted molar refractivity (Wildman–Crippen MR) is 140 cm³/mol. The van der Waals surface area contributed by atoms with Crippen LogP contribution in [0.2, 0.25) is 0 Å². The van der Waals surface area contributed by atoms with E-state index in [2.05, 4.69) is 20.3 Å². The molecule has 10 heteroatoms. The number of carbonyl (C=O) groups is 1. The number of alkyl halides is 2. The van der Waals surface area contributed by atoms with Crippen LogP contribution in [0.15, 0.2) is 24.4 Å². The van der Waals surface area contributed by atoms with Crippen molar-refractivity contribution in [3.8, 4) is 5.19 Å². The Labute approximate surface area is 220 Å². The Balaban J connectivity index is 1.06. The van der Waals surface area contributed by atoms with E-state index in [0.717, 1.165) is 93.1 Å². The smallest absolute Gasteiger partial charge is 0.278 e. The number of thiazole rings is 1. The van der Waals surface area contributed by atoms with Gasteiger partial charge in [-0.3, -0.25) is 14.4 Å². The molecular formula is C27H35F2N5O2S. The Hall–Kier alpha value is -2.59. The number of benzene rings is 1. The van der Waals surface area contributed by atoms with E-state index in [4.69, 9.17) is 4.74 Å². The number of hydrogen-bond donors (Lipinski definition) is 1. The van der Waals surface area contributed by atoms with Crippen LogP contribution < -0.4 is 10.1 Å². The summed E-state index contributed by atoms with van der Waals surface area (Å²) in [6, 6.07) is 5.93. The lowest BCUT2D eigenvalue weighted by Crippen LogP contribution is -2.38. The maximum absolute atomic E-state index is 13.1. The van der Waals surface area contributed by atoms with Crippen molar-refractivity contribution in [2.24, 2.45) is 5.92 Å². The van der Waals surface area contributed by atoms with Crippen molar-refractivity contribution in [1.82, 2.24) is 25.0 Å². The lowest BCUT2D eigenvalue weighted by Gasteiger charge is -2.32. The SMILES string of the molecule is CCn1cc2c(C(=O)N[C@H]3CC[C@H](CCN4CCc5sc(OCC(C)(F)F)nc5C4)CC3)cccc2n1. The fourth-order valence-electron chi connectivity index (χ4n) is 5.35. The van der Waals surface area contributed by atoms with Gasteiger partial charge in [0, 0.05) is 49.1 Å². The molecule has 1 N–H and O–H groups in total. The molecule has 3 aromatic rings. The van der Waals surface area contributed by atoms with Crippen LogP contribution in [0, 0.1) is 5.92 Å². The summed E-state index contributed by atoms with van der Waals surface area (Å²) < 4.78 is 33.2. The molecule has 1 aliphatic heterocycles. The molecule has 0 atom stereocenters. The highest BCUT2D eigenvalue weighted by Gasteiger charge is 2.27. The number of hydrogen-bond acceptors (Lipinski definition) is 6. The van der Waals surface area contributed by atoms with E-state index in [0.29, 0.717) is 16.7 Å². The van der Waals surface area contributed by atoms with E-state index < -0.39 is 12.5 Å². The van der Waals surface area contributed by atoms with E-state index in [-0.39, 0.29) is 11.9 Å². The third-order valence-corrected chi connectivity index (χ3v) is 8.51. The lowest BCUT2D eigenvalue weighted by atomic mass is 9.84. The van der Waals surface area contributed by atoms with Crippen molar-refractivity contribution in [1.29, 1.82) is 0 Å². The number of halogens is 2. The van der Waals surface area contributed by atoms with Crippen LogP contribution in [0.5, 0.6) is 5.19 Å². The van der Waals surface area contributed by atoms with Gasteiger partial charge in [-0.25, -0.2) is 13.8 Å². The number of ether oxygens (including phenoxy) is 1. The number of nitrogens with one attached hydrogen (secondary N) is 1. The second kappa shape index (κ2) is 11.0. The molecule has 7 nitrogen and oxygen atoms in total. The molecule has 0 saturated heterocycles. The van der Waals surface area contributed by atoms with Crippen LogP contribution in [-0.2, 0) is 19.5 Å². The first-order valence-corrected chi connectivity index (χ1v) is 14.1. The molecular weight excluding hydrogens is 496 g/mol. The van der Waals surface area contributed by atoms with Gasteiger partial charge in [0.1, 0.15) is 0 Å². The van der Waals surface area contributed by atoms with Gasteiger partial charge in [0.25, 0.3) is 17.0 Å². The van der Waals surface area contributed by atoms with Gasteiger partial charge in [0.2, 0.25) is 0 Å². The lowest BCUT2D eigenvalue weighted by molar-refractivity contribution is -0.0230. The van der Waals surface area contributed by atoms with Crippen molar-refractivity contribution in [3.63, 3.8) is 0 Å². The van der Waals surface area contributed by atoms with E-state index in [9.17, 15) is 13.6 Å². The van der Waals surface area contributed by atoms with Crippen LogP contribution in [0.4, 0.5) is 8.78 Å². The molecule has 0 bridgehead atoms. The van der Waals surface area contributed by atoms with Crippen molar-refractivity contribution < 1.29 is 18.3 Å². The number of rotatable bonds is 9. The standard InChI is InChI=1S/C27H35F2N5O2S/c1-3-34-15-21-20(5-4-6-22(21)32-34)25(35)30-19-9-7-18(8-10-19)11-13-33-14-12-24-23(16-33)31-26(37-24)36-17-27(2,28)29/h4-6,15,18-19H,3,7-14,16-17H2,1-2H3,(H,30,35)/t18-,19-. The molecule has 0 spiro atoms. The fraction of sp³-hybridized carbons (Fsp3) is 0.593. The van der Waals surface area contributed by atoms with Gasteiger partial charge in [0.15, 0.2) is 6.61 Å². The maximum atomic E-state index is 13.1. The Kier molecular flexibility index (Phi) is 7.76. The molecule has 1 aliphatic carbocycles. The molecule has 0 radical (unpaired) electrons. The summed E-state index contributed by atoms with van der Waals surface area (Å²) in [5, 5.41) is 9.03. The summed E-state index contributed by atoms with van der Waals surface area (Å²) >= 11 is 1.40. The minimum atomic E-state index is -2.85. The summed E-state index contributed by atoms with van der Waals surface area (Å²) in [4.78, 5) is 21.0. The zero-order valence-electron chi connectivity index (χ0n) is 21.5. The summed E-state index contributed by atoms with van der Waals surface area (Å²) in [6.07, 6.45) is 8.19. The van der Waals surface area contributed by atoms with Gasteiger partial charge in [-0.1, -0.05) is 17.4 Å². The molecule has 2 aliphatic rings. The second-order valence-electron chi connectivity index (χ2n) is 10.4. The van der Waals surface area contributed by atoms with Crippen LogP contribution in [0.1, 0.15) is 66.9 Å². The topological polar surface area (TPSA) is 72.3 Å². The Morgan fingerprint density at radius 3 is 2.84 bits per heavy atom. The van der Waals surface area contributed by atoms with Gasteiger partial charge in [0.05, 0.1) is 16.8 Å². The molecule has 0 unspecified atom stereocenters. The number of aryl methyl sites for hydroxylation is 1. The third-order valence-electron chi connectivity index (χ3n) is 7.44. The highest BCUT2D eigenvalue weighted by Crippen LogP contribution is 2.32. The van der Waals surface area contributed by atoms with Crippen LogP contribution >= 0.6 is 11.3 Å². The van der Waals surface area contributed by atoms with Gasteiger partial charge >= 0.3 is 0 Å². The van der Waals surface area contributed by atoms with E-state index >= 15 is 0 Å². The monoisotopic (exact) mass is 531 g/mol. The summed E-state index contributed by atoms with van der Waals surface area (Å²) in [6.45, 7) is 5.76. The fourth-order valence-corrected chi connectivity index (χ4v) is 6.25. The third kappa shape index (κ3) is 6.46. The molecule has 1 amide bonds. The van der Waals surface area contributed by atoms with Crippen LogP contribution in [-0.4, -0.2) is 57.2 Å². The van der Waals surface area contributed by atoms with Crippen LogP contribution in [0.3, 0.4) is 0 Å². The molecule has 5 rings (SSSR count). The molecule has 3 heterocycles. The second-order valence-corrected chi connectivity index (χ2v) is 11.5. The quantitative estimate of drug-likeness (QED) is 0.407. The molecule has 2 aromatic heterocycles. The van der Waals surface area contributed by atoms with Gasteiger partial charge in [-0.15, -0.1) is 0 Å². The number of amides is 1. The zero-order valence-corrected chi connectivity index (χ0v) is 22.3. The molecule has 1 fully saturated rings. The Morgan fingerprint density at radius 2 is 2.08 bits per heavy atom. The average Bonchev–Trinajstić information content (AvgIpc) is 3.49. The Bertz CT molecular complexity index is 1230. The zero-order chi connectivity index (χ0) is 26.0. The van der Waals surface area contributed by atoms with Crippen molar-refractivity contribution >= 4 is 28.1 Å². The number of aromatic nitrogens is 3. The van der Waals surface area contributed by atoms with Gasteiger partial charge < -0.3 is 10.1 Å². The van der Waals surface area contributed by atoms with Crippen molar-refractivity contribution in [2.45, 2.75) is 77.4 Å². The number of carbonyl (C=O) groups excluding carboxylic acids is 1. The Morgan fingerprint density at radius 1 is 1.27 bits per heavy atom. The number of nitrogens with zero attached hydrogens (tertiary/aromatic N) is 4. The summed E-state index contributed by atoms with van der Waals surface area (Å²) in [7, 11) is 0. The van der Waals surface area contributed by atoms with E-state index in [1.54, 1.807) is 0 Å². The molecule has 1 saturated carbocycles. The summed E-state index contributed by atoms with van der Waals surface area (Å²) in [5.41, 5.74) is 2.52. The van der Waals surface area contributed by atoms with Crippen molar-refractivity contribution in [3.05, 3.63) is 40.5 Å². The van der Waals surface area contributed by atoms with Gasteiger partial charge in [-0.05, 0) is 70.0 Å². The van der Waals surface area contributed by atoms with E-state index in [1.807, 2.05) is 36.0 Å². The largest absolute Gasteiger partial charge is 0.464 e. The first-order valence-electron chi connectivity index (χ1n) is 13.3. The molecule has 200 valence electrons. The minimum absolute atomic E-state index is 0.0110. The predicted octanol–water partition coefficient (Wildman–Crippen LogP) is 5.28. The highest BCUT2D eigenvalue weighted by molar-refractivity contribution is 7.13. The molecule has 37 heavy (non-hydrogen) atoms. The van der Waals surface area contributed by atoms with Crippen molar-refractivity contribution in [2.75, 3.05) is 19.7 Å². The normalized spacial score (nSPS) is 20.6. The van der Waals surface area contributed by atoms with Crippen LogP contribution in [0.25, 0.3) is 10.9 Å². The first kappa shape index (κ1) is 26.0. The first-order chi connectivity index (χ1) is 17.8. The van der Waals surface area contributed by atoms with E-state index in [1.165, 1.54) is 11.3 Å². The maximum Gasteiger partial charge on any atom is 0.278 e.